The summed E-state index contributed by atoms with van der Waals surface area (Å²) in [4.78, 5) is 10.8. The standard InChI is InChI=1S/C11H18O2/c1-11(2)6-9(5-8-3-4-8)10(7-12)13-11/h7-10H,3-6H2,1-2H3/t9-,10?/m1/s1. The summed E-state index contributed by atoms with van der Waals surface area (Å²) in [6.07, 6.45) is 5.84. The normalized spacial score (nSPS) is 37.7. The zero-order valence-electron chi connectivity index (χ0n) is 8.45. The first-order chi connectivity index (χ1) is 6.11. The van der Waals surface area contributed by atoms with Gasteiger partial charge < -0.3 is 9.53 Å². The van der Waals surface area contributed by atoms with Crippen LogP contribution < -0.4 is 0 Å². The SMILES string of the molecule is CC1(C)C[C@@H](CC2CC2)C(C=O)O1. The second-order valence-electron chi connectivity index (χ2n) is 5.12. The van der Waals surface area contributed by atoms with Crippen molar-refractivity contribution >= 4 is 6.29 Å². The first-order valence-corrected chi connectivity index (χ1v) is 5.24. The van der Waals surface area contributed by atoms with Gasteiger partial charge in [-0.15, -0.1) is 0 Å². The minimum absolute atomic E-state index is 0.0782. The average Bonchev–Trinajstić information content (AvgIpc) is 2.77. The molecule has 2 nitrogen and oxygen atoms in total. The van der Waals surface area contributed by atoms with E-state index >= 15 is 0 Å². The van der Waals surface area contributed by atoms with Crippen LogP contribution in [0.5, 0.6) is 0 Å². The van der Waals surface area contributed by atoms with Crippen molar-refractivity contribution in [1.29, 1.82) is 0 Å². The first-order valence-electron chi connectivity index (χ1n) is 5.24. The largest absolute Gasteiger partial charge is 0.365 e. The quantitative estimate of drug-likeness (QED) is 0.625. The molecule has 0 aromatic heterocycles. The van der Waals surface area contributed by atoms with Gasteiger partial charge in [0.15, 0.2) is 0 Å². The third-order valence-electron chi connectivity index (χ3n) is 3.14. The van der Waals surface area contributed by atoms with E-state index in [1.807, 2.05) is 0 Å². The van der Waals surface area contributed by atoms with Gasteiger partial charge in [-0.3, -0.25) is 0 Å². The molecule has 2 atom stereocenters. The molecule has 74 valence electrons. The molecule has 0 aromatic carbocycles. The van der Waals surface area contributed by atoms with Crippen molar-refractivity contribution < 1.29 is 9.53 Å². The van der Waals surface area contributed by atoms with Crippen LogP contribution >= 0.6 is 0 Å². The molecule has 0 aromatic rings. The monoisotopic (exact) mass is 182 g/mol. The Kier molecular flexibility index (Phi) is 2.18. The van der Waals surface area contributed by atoms with E-state index in [4.69, 9.17) is 4.74 Å². The van der Waals surface area contributed by atoms with Gasteiger partial charge in [0.1, 0.15) is 12.4 Å². The Hall–Kier alpha value is -0.370. The van der Waals surface area contributed by atoms with Crippen LogP contribution in [0.4, 0.5) is 0 Å². The smallest absolute Gasteiger partial charge is 0.149 e. The van der Waals surface area contributed by atoms with E-state index in [1.54, 1.807) is 0 Å². The number of ether oxygens (including phenoxy) is 1. The van der Waals surface area contributed by atoms with Crippen LogP contribution in [0.15, 0.2) is 0 Å². The molecular weight excluding hydrogens is 164 g/mol. The van der Waals surface area contributed by atoms with E-state index in [9.17, 15) is 4.79 Å². The molecule has 0 bridgehead atoms. The lowest BCUT2D eigenvalue weighted by molar-refractivity contribution is -0.122. The molecule has 2 fully saturated rings. The van der Waals surface area contributed by atoms with Crippen molar-refractivity contribution in [2.24, 2.45) is 11.8 Å². The highest BCUT2D eigenvalue weighted by Crippen LogP contribution is 2.43. The van der Waals surface area contributed by atoms with Crippen LogP contribution in [0, 0.1) is 11.8 Å². The Morgan fingerprint density at radius 1 is 1.46 bits per heavy atom. The molecule has 0 spiro atoms. The molecule has 13 heavy (non-hydrogen) atoms. The van der Waals surface area contributed by atoms with Crippen molar-refractivity contribution in [3.8, 4) is 0 Å². The summed E-state index contributed by atoms with van der Waals surface area (Å²) in [5.41, 5.74) is -0.0782. The number of carbonyl (C=O) groups excluding carboxylic acids is 1. The molecule has 1 heterocycles. The zero-order valence-corrected chi connectivity index (χ0v) is 8.45. The first kappa shape index (κ1) is 9.20. The number of hydrogen-bond donors (Lipinski definition) is 0. The van der Waals surface area contributed by atoms with Crippen molar-refractivity contribution in [3.05, 3.63) is 0 Å². The Bertz CT molecular complexity index is 206. The Labute approximate surface area is 79.7 Å². The summed E-state index contributed by atoms with van der Waals surface area (Å²) >= 11 is 0. The van der Waals surface area contributed by atoms with Crippen LogP contribution in [-0.2, 0) is 9.53 Å². The predicted molar refractivity (Wildman–Crippen MR) is 50.5 cm³/mol. The van der Waals surface area contributed by atoms with E-state index in [2.05, 4.69) is 13.8 Å². The highest BCUT2D eigenvalue weighted by atomic mass is 16.5. The van der Waals surface area contributed by atoms with Crippen LogP contribution in [0.3, 0.4) is 0 Å². The lowest BCUT2D eigenvalue weighted by atomic mass is 9.90. The molecule has 1 aliphatic heterocycles. The number of rotatable bonds is 3. The lowest BCUT2D eigenvalue weighted by Crippen LogP contribution is -2.21. The van der Waals surface area contributed by atoms with Gasteiger partial charge in [0, 0.05) is 0 Å². The molecule has 2 aliphatic rings. The molecule has 0 N–H and O–H groups in total. The minimum atomic E-state index is -0.129. The predicted octanol–water partition coefficient (Wildman–Crippen LogP) is 2.17. The third-order valence-corrected chi connectivity index (χ3v) is 3.14. The molecule has 0 radical (unpaired) electrons. The number of carbonyl (C=O) groups is 1. The summed E-state index contributed by atoms with van der Waals surface area (Å²) < 4.78 is 5.67. The van der Waals surface area contributed by atoms with E-state index in [0.29, 0.717) is 5.92 Å². The fourth-order valence-electron chi connectivity index (χ4n) is 2.40. The van der Waals surface area contributed by atoms with Gasteiger partial charge in [-0.1, -0.05) is 12.8 Å². The number of hydrogen-bond acceptors (Lipinski definition) is 2. The van der Waals surface area contributed by atoms with Crippen molar-refractivity contribution in [2.75, 3.05) is 0 Å². The summed E-state index contributed by atoms with van der Waals surface area (Å²) in [5.74, 6) is 1.38. The van der Waals surface area contributed by atoms with Gasteiger partial charge in [0.25, 0.3) is 0 Å². The molecule has 2 heteroatoms. The van der Waals surface area contributed by atoms with E-state index < -0.39 is 0 Å². The topological polar surface area (TPSA) is 26.3 Å². The summed E-state index contributed by atoms with van der Waals surface area (Å²) in [7, 11) is 0. The van der Waals surface area contributed by atoms with Crippen LogP contribution in [-0.4, -0.2) is 18.0 Å². The fourth-order valence-corrected chi connectivity index (χ4v) is 2.40. The van der Waals surface area contributed by atoms with E-state index in [-0.39, 0.29) is 11.7 Å². The van der Waals surface area contributed by atoms with E-state index in [1.165, 1.54) is 19.3 Å². The van der Waals surface area contributed by atoms with Crippen LogP contribution in [0.2, 0.25) is 0 Å². The van der Waals surface area contributed by atoms with Crippen molar-refractivity contribution in [2.45, 2.75) is 51.2 Å². The van der Waals surface area contributed by atoms with Gasteiger partial charge in [0.2, 0.25) is 0 Å². The highest BCUT2D eigenvalue weighted by Gasteiger charge is 2.42. The highest BCUT2D eigenvalue weighted by molar-refractivity contribution is 5.57. The molecular formula is C11H18O2. The van der Waals surface area contributed by atoms with Crippen LogP contribution in [0.25, 0.3) is 0 Å². The molecule has 0 amide bonds. The minimum Gasteiger partial charge on any atom is -0.365 e. The van der Waals surface area contributed by atoms with Crippen LogP contribution in [0.1, 0.15) is 39.5 Å². The van der Waals surface area contributed by atoms with Gasteiger partial charge in [-0.05, 0) is 38.5 Å². The maximum absolute atomic E-state index is 10.8. The van der Waals surface area contributed by atoms with Gasteiger partial charge in [-0.2, -0.15) is 0 Å². The molecule has 1 saturated heterocycles. The lowest BCUT2D eigenvalue weighted by Gasteiger charge is -2.16. The Balaban J connectivity index is 1.95. The second-order valence-corrected chi connectivity index (χ2v) is 5.12. The second kappa shape index (κ2) is 3.09. The maximum atomic E-state index is 10.8. The summed E-state index contributed by atoms with van der Waals surface area (Å²) in [6, 6.07) is 0. The average molecular weight is 182 g/mol. The fraction of sp³-hybridized carbons (Fsp3) is 0.909. The molecule has 1 saturated carbocycles. The molecule has 1 unspecified atom stereocenters. The molecule has 2 rings (SSSR count). The van der Waals surface area contributed by atoms with Gasteiger partial charge in [-0.25, -0.2) is 0 Å². The molecule has 1 aliphatic carbocycles. The van der Waals surface area contributed by atoms with Crippen molar-refractivity contribution in [3.63, 3.8) is 0 Å². The third kappa shape index (κ3) is 2.11. The maximum Gasteiger partial charge on any atom is 0.149 e. The van der Waals surface area contributed by atoms with Gasteiger partial charge in [0.05, 0.1) is 5.60 Å². The van der Waals surface area contributed by atoms with Gasteiger partial charge >= 0.3 is 0 Å². The number of aldehydes is 1. The summed E-state index contributed by atoms with van der Waals surface area (Å²) in [5, 5.41) is 0. The zero-order chi connectivity index (χ0) is 9.47. The van der Waals surface area contributed by atoms with Crippen molar-refractivity contribution in [1.82, 2.24) is 0 Å². The Morgan fingerprint density at radius 2 is 2.15 bits per heavy atom. The summed E-state index contributed by atoms with van der Waals surface area (Å²) in [6.45, 7) is 4.16. The Morgan fingerprint density at radius 3 is 2.69 bits per heavy atom. The van der Waals surface area contributed by atoms with E-state index in [0.717, 1.165) is 18.6 Å².